The molecule has 11 heavy (non-hydrogen) atoms. The molecule has 0 aromatic rings. The van der Waals surface area contributed by atoms with Gasteiger partial charge in [-0.3, -0.25) is 0 Å². The fourth-order valence-electron chi connectivity index (χ4n) is 1.05. The number of rotatable bonds is 2. The van der Waals surface area contributed by atoms with Crippen LogP contribution in [0.2, 0.25) is 0 Å². The third-order valence-electron chi connectivity index (χ3n) is 1.64. The van der Waals surface area contributed by atoms with E-state index in [1.54, 1.807) is 4.90 Å². The summed E-state index contributed by atoms with van der Waals surface area (Å²) >= 11 is 0. The van der Waals surface area contributed by atoms with Crippen molar-refractivity contribution in [1.29, 1.82) is 0 Å². The van der Waals surface area contributed by atoms with Crippen LogP contribution in [0.5, 0.6) is 0 Å². The lowest BCUT2D eigenvalue weighted by atomic mass is 10.4. The van der Waals surface area contributed by atoms with E-state index in [1.807, 2.05) is 19.9 Å². The molecule has 0 spiro atoms. The molecule has 1 saturated heterocycles. The lowest BCUT2D eigenvalue weighted by molar-refractivity contribution is 0.168. The van der Waals surface area contributed by atoms with Gasteiger partial charge >= 0.3 is 6.09 Å². The minimum Gasteiger partial charge on any atom is -0.413 e. The molecule has 1 rings (SSSR count). The topological polar surface area (TPSA) is 29.5 Å². The summed E-state index contributed by atoms with van der Waals surface area (Å²) in [4.78, 5) is 12.7. The van der Waals surface area contributed by atoms with Crippen molar-refractivity contribution < 1.29 is 9.53 Å². The number of nitrogens with zero attached hydrogens (tertiary/aromatic N) is 1. The molecule has 0 radical (unpaired) electrons. The second-order valence-corrected chi connectivity index (χ2v) is 2.54. The molecule has 3 heteroatoms. The Hall–Kier alpha value is -0.990. The van der Waals surface area contributed by atoms with Crippen molar-refractivity contribution in [1.82, 2.24) is 4.90 Å². The summed E-state index contributed by atoms with van der Waals surface area (Å²) in [5, 5.41) is 0. The first-order valence-corrected chi connectivity index (χ1v) is 3.90. The maximum atomic E-state index is 11.0. The molecular weight excluding hydrogens is 142 g/mol. The largest absolute Gasteiger partial charge is 0.415 e. The van der Waals surface area contributed by atoms with E-state index in [-0.39, 0.29) is 6.09 Å². The predicted octanol–water partition coefficient (Wildman–Crippen LogP) is 1.75. The molecule has 0 atom stereocenters. The lowest BCUT2D eigenvalue weighted by Gasteiger charge is -2.08. The fourth-order valence-corrected chi connectivity index (χ4v) is 1.05. The highest BCUT2D eigenvalue weighted by Crippen LogP contribution is 2.13. The Kier molecular flexibility index (Phi) is 2.52. The molecule has 0 unspecified atom stereocenters. The zero-order chi connectivity index (χ0) is 8.27. The number of hydrogen-bond acceptors (Lipinski definition) is 2. The number of allylic oxidation sites excluding steroid dienone is 1. The van der Waals surface area contributed by atoms with Crippen molar-refractivity contribution in [2.45, 2.75) is 20.3 Å². The molecule has 1 aliphatic rings. The van der Waals surface area contributed by atoms with Gasteiger partial charge in [-0.15, -0.1) is 0 Å². The van der Waals surface area contributed by atoms with Gasteiger partial charge in [-0.25, -0.2) is 4.79 Å². The van der Waals surface area contributed by atoms with Crippen molar-refractivity contribution >= 4 is 6.09 Å². The van der Waals surface area contributed by atoms with Crippen molar-refractivity contribution in [3.05, 3.63) is 11.8 Å². The van der Waals surface area contributed by atoms with Crippen molar-refractivity contribution in [2.75, 3.05) is 13.1 Å². The van der Waals surface area contributed by atoms with Gasteiger partial charge in [0.25, 0.3) is 0 Å². The molecule has 0 aromatic carbocycles. The minimum atomic E-state index is -0.208. The molecule has 0 aromatic heterocycles. The van der Waals surface area contributed by atoms with Crippen LogP contribution in [0.1, 0.15) is 20.3 Å². The van der Waals surface area contributed by atoms with Gasteiger partial charge in [0.05, 0.1) is 6.54 Å². The van der Waals surface area contributed by atoms with Gasteiger partial charge in [0, 0.05) is 6.54 Å². The summed E-state index contributed by atoms with van der Waals surface area (Å²) in [5.41, 5.74) is 0. The molecule has 1 heterocycles. The van der Waals surface area contributed by atoms with Gasteiger partial charge in [0.1, 0.15) is 5.76 Å². The van der Waals surface area contributed by atoms with E-state index < -0.39 is 0 Å². The summed E-state index contributed by atoms with van der Waals surface area (Å²) < 4.78 is 4.92. The summed E-state index contributed by atoms with van der Waals surface area (Å²) in [5.74, 6) is 0.767. The van der Waals surface area contributed by atoms with E-state index in [9.17, 15) is 4.79 Å². The zero-order valence-corrected chi connectivity index (χ0v) is 6.96. The van der Waals surface area contributed by atoms with Crippen LogP contribution in [0.15, 0.2) is 11.8 Å². The second kappa shape index (κ2) is 3.42. The lowest BCUT2D eigenvalue weighted by Crippen LogP contribution is -2.24. The molecule has 1 fully saturated rings. The monoisotopic (exact) mass is 155 g/mol. The first-order chi connectivity index (χ1) is 5.27. The zero-order valence-electron chi connectivity index (χ0n) is 6.96. The highest BCUT2D eigenvalue weighted by Gasteiger charge is 2.24. The Labute approximate surface area is 66.6 Å². The third-order valence-corrected chi connectivity index (χ3v) is 1.64. The molecule has 0 saturated carbocycles. The number of cyclic esters (lactones) is 1. The molecule has 62 valence electrons. The van der Waals surface area contributed by atoms with Crippen LogP contribution in [0.3, 0.4) is 0 Å². The maximum Gasteiger partial charge on any atom is 0.415 e. The molecule has 0 aliphatic carbocycles. The molecule has 0 N–H and O–H groups in total. The van der Waals surface area contributed by atoms with Crippen LogP contribution >= 0.6 is 0 Å². The summed E-state index contributed by atoms with van der Waals surface area (Å²) in [6.45, 7) is 5.35. The van der Waals surface area contributed by atoms with Crippen LogP contribution in [-0.4, -0.2) is 24.1 Å². The first-order valence-electron chi connectivity index (χ1n) is 3.90. The first kappa shape index (κ1) is 8.11. The van der Waals surface area contributed by atoms with Gasteiger partial charge in [0.15, 0.2) is 0 Å². The summed E-state index contributed by atoms with van der Waals surface area (Å²) in [6.07, 6.45) is 2.60. The van der Waals surface area contributed by atoms with Gasteiger partial charge in [0.2, 0.25) is 0 Å². The SMILES string of the molecule is C/C=C1/CN(CCC)C(=O)O1. The predicted molar refractivity (Wildman–Crippen MR) is 42.1 cm³/mol. The number of amides is 1. The summed E-state index contributed by atoms with van der Waals surface area (Å²) in [6, 6.07) is 0. The molecule has 3 nitrogen and oxygen atoms in total. The molecule has 1 aliphatic heterocycles. The number of hydrogen-bond donors (Lipinski definition) is 0. The van der Waals surface area contributed by atoms with Gasteiger partial charge in [-0.2, -0.15) is 0 Å². The Morgan fingerprint density at radius 1 is 1.73 bits per heavy atom. The van der Waals surface area contributed by atoms with E-state index in [0.717, 1.165) is 18.7 Å². The van der Waals surface area contributed by atoms with E-state index in [2.05, 4.69) is 0 Å². The number of ether oxygens (including phenoxy) is 1. The smallest absolute Gasteiger partial charge is 0.413 e. The van der Waals surface area contributed by atoms with E-state index in [4.69, 9.17) is 4.74 Å². The number of carbonyl (C=O) groups is 1. The Balaban J connectivity index is 2.52. The average Bonchev–Trinajstić information content (AvgIpc) is 2.33. The van der Waals surface area contributed by atoms with Crippen LogP contribution < -0.4 is 0 Å². The van der Waals surface area contributed by atoms with E-state index in [0.29, 0.717) is 6.54 Å². The second-order valence-electron chi connectivity index (χ2n) is 2.54. The van der Waals surface area contributed by atoms with Gasteiger partial charge in [-0.05, 0) is 19.4 Å². The van der Waals surface area contributed by atoms with Crippen LogP contribution in [0.4, 0.5) is 4.79 Å². The Morgan fingerprint density at radius 2 is 2.45 bits per heavy atom. The fraction of sp³-hybridized carbons (Fsp3) is 0.625. The summed E-state index contributed by atoms with van der Waals surface area (Å²) in [7, 11) is 0. The minimum absolute atomic E-state index is 0.208. The van der Waals surface area contributed by atoms with Crippen LogP contribution in [0, 0.1) is 0 Å². The Morgan fingerprint density at radius 3 is 2.91 bits per heavy atom. The van der Waals surface area contributed by atoms with Gasteiger partial charge in [-0.1, -0.05) is 6.92 Å². The van der Waals surface area contributed by atoms with Crippen molar-refractivity contribution in [3.63, 3.8) is 0 Å². The normalized spacial score (nSPS) is 21.1. The standard InChI is InChI=1S/C8H13NO2/c1-3-5-9-6-7(4-2)11-8(9)10/h4H,3,5-6H2,1-2H3/b7-4-. The van der Waals surface area contributed by atoms with Crippen molar-refractivity contribution in [3.8, 4) is 0 Å². The van der Waals surface area contributed by atoms with Crippen LogP contribution in [0.25, 0.3) is 0 Å². The van der Waals surface area contributed by atoms with E-state index in [1.165, 1.54) is 0 Å². The van der Waals surface area contributed by atoms with Crippen molar-refractivity contribution in [2.24, 2.45) is 0 Å². The average molecular weight is 155 g/mol. The highest BCUT2D eigenvalue weighted by atomic mass is 16.6. The van der Waals surface area contributed by atoms with Crippen LogP contribution in [-0.2, 0) is 4.74 Å². The highest BCUT2D eigenvalue weighted by molar-refractivity contribution is 5.71. The number of carbonyl (C=O) groups excluding carboxylic acids is 1. The molecular formula is C8H13NO2. The maximum absolute atomic E-state index is 11.0. The third kappa shape index (κ3) is 1.73. The van der Waals surface area contributed by atoms with E-state index >= 15 is 0 Å². The van der Waals surface area contributed by atoms with Gasteiger partial charge < -0.3 is 9.64 Å². The Bertz CT molecular complexity index is 187. The quantitative estimate of drug-likeness (QED) is 0.608. The molecule has 1 amide bonds. The molecule has 0 bridgehead atoms.